The van der Waals surface area contributed by atoms with Gasteiger partial charge in [0.25, 0.3) is 0 Å². The summed E-state index contributed by atoms with van der Waals surface area (Å²) >= 11 is 0. The third-order valence-electron chi connectivity index (χ3n) is 7.32. The fourth-order valence-electron chi connectivity index (χ4n) is 5.49. The maximum atomic E-state index is 5.50. The highest BCUT2D eigenvalue weighted by Crippen LogP contribution is 2.47. The average Bonchev–Trinajstić information content (AvgIpc) is 3.05. The Bertz CT molecular complexity index is 1900. The molecule has 0 aliphatic carbocycles. The van der Waals surface area contributed by atoms with Crippen LogP contribution in [-0.4, -0.2) is 9.97 Å². The molecule has 0 aliphatic heterocycles. The van der Waals surface area contributed by atoms with Crippen molar-refractivity contribution in [2.75, 3.05) is 0 Å². The van der Waals surface area contributed by atoms with Gasteiger partial charge in [-0.05, 0) is 11.1 Å². The molecule has 0 atom stereocenters. The quantitative estimate of drug-likeness (QED) is 0.230. The normalized spacial score (nSPS) is 11.0. The van der Waals surface area contributed by atoms with Gasteiger partial charge in [0.15, 0.2) is 0 Å². The Labute approximate surface area is 234 Å². The summed E-state index contributed by atoms with van der Waals surface area (Å²) in [5, 5.41) is 2.20. The van der Waals surface area contributed by atoms with Crippen molar-refractivity contribution in [3.8, 4) is 56.0 Å². The topological polar surface area (TPSA) is 25.8 Å². The minimum atomic E-state index is 0.929. The second-order valence-corrected chi connectivity index (χ2v) is 9.78. The highest BCUT2D eigenvalue weighted by molar-refractivity contribution is 6.18. The Morgan fingerprint density at radius 2 is 0.725 bits per heavy atom. The maximum absolute atomic E-state index is 5.50. The molecule has 2 heterocycles. The van der Waals surface area contributed by atoms with Crippen LogP contribution >= 0.6 is 0 Å². The first-order chi connectivity index (χ1) is 19.9. The van der Waals surface area contributed by atoms with E-state index in [-0.39, 0.29) is 0 Å². The minimum Gasteiger partial charge on any atom is -0.255 e. The van der Waals surface area contributed by atoms with Crippen LogP contribution in [-0.2, 0) is 0 Å². The summed E-state index contributed by atoms with van der Waals surface area (Å²) in [7, 11) is 0. The monoisotopic (exact) mass is 510 g/mol. The molecule has 5 aromatic carbocycles. The zero-order valence-corrected chi connectivity index (χ0v) is 21.9. The lowest BCUT2D eigenvalue weighted by Gasteiger charge is -2.21. The number of hydrogen-bond donors (Lipinski definition) is 0. The van der Waals surface area contributed by atoms with Crippen molar-refractivity contribution in [1.82, 2.24) is 9.97 Å². The summed E-state index contributed by atoms with van der Waals surface area (Å²) < 4.78 is 0. The van der Waals surface area contributed by atoms with Crippen molar-refractivity contribution in [1.29, 1.82) is 0 Å². The first kappa shape index (κ1) is 23.8. The molecule has 0 spiro atoms. The van der Waals surface area contributed by atoms with Gasteiger partial charge in [0, 0.05) is 44.8 Å². The summed E-state index contributed by atoms with van der Waals surface area (Å²) in [6.07, 6.45) is 2.04. The molecule has 0 bridgehead atoms. The standard InChI is InChI=1S/C38H26N2/c1-6-16-27(17-7-1)32-26-39-36(29-20-10-3-11-21-29)35-34(32)33(28-18-8-2-9-19-28)37(30-22-12-4-13-23-30)40-38(35)31-24-14-5-15-25-31/h1-26H. The number of hydrogen-bond acceptors (Lipinski definition) is 2. The summed E-state index contributed by atoms with van der Waals surface area (Å²) in [4.78, 5) is 10.6. The van der Waals surface area contributed by atoms with E-state index in [1.165, 1.54) is 0 Å². The first-order valence-corrected chi connectivity index (χ1v) is 13.5. The van der Waals surface area contributed by atoms with Gasteiger partial charge in [0.05, 0.1) is 17.1 Å². The second-order valence-electron chi connectivity index (χ2n) is 9.78. The van der Waals surface area contributed by atoms with Crippen LogP contribution < -0.4 is 0 Å². The van der Waals surface area contributed by atoms with Crippen molar-refractivity contribution in [3.63, 3.8) is 0 Å². The average molecular weight is 511 g/mol. The number of aromatic nitrogens is 2. The molecule has 0 fully saturated rings. The Kier molecular flexibility index (Phi) is 6.20. The van der Waals surface area contributed by atoms with Gasteiger partial charge in [-0.3, -0.25) is 4.98 Å². The molecule has 0 radical (unpaired) electrons. The van der Waals surface area contributed by atoms with E-state index in [9.17, 15) is 0 Å². The fourth-order valence-corrected chi connectivity index (χ4v) is 5.49. The lowest BCUT2D eigenvalue weighted by atomic mass is 9.86. The highest BCUT2D eigenvalue weighted by atomic mass is 14.8. The minimum absolute atomic E-state index is 0.929. The molecule has 0 amide bonds. The SMILES string of the molecule is c1ccc(-c2nc(-c3ccccc3)c3c(-c4ccccc4)ncc(-c4ccccc4)c3c2-c2ccccc2)cc1. The van der Waals surface area contributed by atoms with E-state index in [0.717, 1.165) is 66.8 Å². The molecule has 7 aromatic rings. The van der Waals surface area contributed by atoms with E-state index in [1.54, 1.807) is 0 Å². The van der Waals surface area contributed by atoms with Crippen molar-refractivity contribution in [2.45, 2.75) is 0 Å². The van der Waals surface area contributed by atoms with Crippen LogP contribution in [0.3, 0.4) is 0 Å². The number of fused-ring (bicyclic) bond motifs is 1. The van der Waals surface area contributed by atoms with Gasteiger partial charge in [-0.15, -0.1) is 0 Å². The van der Waals surface area contributed by atoms with Crippen molar-refractivity contribution < 1.29 is 0 Å². The molecule has 188 valence electrons. The Morgan fingerprint density at radius 3 is 1.23 bits per heavy atom. The predicted octanol–water partition coefficient (Wildman–Crippen LogP) is 9.96. The number of pyridine rings is 2. The van der Waals surface area contributed by atoms with Crippen LogP contribution in [0, 0.1) is 0 Å². The number of nitrogens with zero attached hydrogens (tertiary/aromatic N) is 2. The Balaban J connectivity index is 1.75. The zero-order chi connectivity index (χ0) is 26.7. The third kappa shape index (κ3) is 4.26. The van der Waals surface area contributed by atoms with Crippen LogP contribution in [0.1, 0.15) is 0 Å². The van der Waals surface area contributed by atoms with Crippen molar-refractivity contribution in [2.24, 2.45) is 0 Å². The van der Waals surface area contributed by atoms with E-state index in [2.05, 4.69) is 140 Å². The molecule has 0 N–H and O–H groups in total. The van der Waals surface area contributed by atoms with Crippen LogP contribution in [0.4, 0.5) is 0 Å². The van der Waals surface area contributed by atoms with Gasteiger partial charge in [-0.2, -0.15) is 0 Å². The van der Waals surface area contributed by atoms with Gasteiger partial charge >= 0.3 is 0 Å². The molecule has 2 nitrogen and oxygen atoms in total. The number of benzene rings is 5. The molecule has 0 saturated carbocycles. The smallest absolute Gasteiger partial charge is 0.0810 e. The van der Waals surface area contributed by atoms with Gasteiger partial charge in [0.2, 0.25) is 0 Å². The lowest BCUT2D eigenvalue weighted by Crippen LogP contribution is -2.01. The molecular weight excluding hydrogens is 484 g/mol. The molecule has 40 heavy (non-hydrogen) atoms. The van der Waals surface area contributed by atoms with Crippen LogP contribution in [0.25, 0.3) is 66.8 Å². The van der Waals surface area contributed by atoms with Crippen LogP contribution in [0.15, 0.2) is 158 Å². The van der Waals surface area contributed by atoms with Crippen molar-refractivity contribution in [3.05, 3.63) is 158 Å². The molecule has 7 rings (SSSR count). The van der Waals surface area contributed by atoms with E-state index in [4.69, 9.17) is 9.97 Å². The van der Waals surface area contributed by atoms with E-state index >= 15 is 0 Å². The van der Waals surface area contributed by atoms with Crippen LogP contribution in [0.5, 0.6) is 0 Å². The fraction of sp³-hybridized carbons (Fsp3) is 0. The first-order valence-electron chi connectivity index (χ1n) is 13.5. The summed E-state index contributed by atoms with van der Waals surface area (Å²) in [5.41, 5.74) is 10.5. The predicted molar refractivity (Wildman–Crippen MR) is 167 cm³/mol. The maximum Gasteiger partial charge on any atom is 0.0810 e. The van der Waals surface area contributed by atoms with Crippen LogP contribution in [0.2, 0.25) is 0 Å². The van der Waals surface area contributed by atoms with Gasteiger partial charge in [-0.1, -0.05) is 152 Å². The Hall–Kier alpha value is -5.34. The highest BCUT2D eigenvalue weighted by Gasteiger charge is 2.24. The molecule has 0 saturated heterocycles. The molecule has 0 aliphatic rings. The molecule has 2 aromatic heterocycles. The summed E-state index contributed by atoms with van der Waals surface area (Å²) in [6, 6.07) is 52.6. The van der Waals surface area contributed by atoms with Crippen molar-refractivity contribution >= 4 is 10.8 Å². The molecular formula is C38H26N2. The molecule has 0 unspecified atom stereocenters. The third-order valence-corrected chi connectivity index (χ3v) is 7.32. The van der Waals surface area contributed by atoms with Gasteiger partial charge in [0.1, 0.15) is 0 Å². The van der Waals surface area contributed by atoms with E-state index < -0.39 is 0 Å². The second kappa shape index (κ2) is 10.4. The largest absolute Gasteiger partial charge is 0.255 e. The molecule has 2 heteroatoms. The zero-order valence-electron chi connectivity index (χ0n) is 21.9. The van der Waals surface area contributed by atoms with E-state index in [0.29, 0.717) is 0 Å². The van der Waals surface area contributed by atoms with E-state index in [1.807, 2.05) is 18.3 Å². The summed E-state index contributed by atoms with van der Waals surface area (Å²) in [5.74, 6) is 0. The Morgan fingerprint density at radius 1 is 0.325 bits per heavy atom. The van der Waals surface area contributed by atoms with Gasteiger partial charge < -0.3 is 0 Å². The number of rotatable bonds is 5. The van der Waals surface area contributed by atoms with Gasteiger partial charge in [-0.25, -0.2) is 4.98 Å². The summed E-state index contributed by atoms with van der Waals surface area (Å²) in [6.45, 7) is 0. The lowest BCUT2D eigenvalue weighted by molar-refractivity contribution is 1.31.